The summed E-state index contributed by atoms with van der Waals surface area (Å²) in [6.07, 6.45) is 4.65. The molecule has 0 spiro atoms. The van der Waals surface area contributed by atoms with Crippen LogP contribution in [0.2, 0.25) is 0 Å². The lowest BCUT2D eigenvalue weighted by Gasteiger charge is -2.35. The number of nitrogens with two attached hydrogens (primary N) is 1. The van der Waals surface area contributed by atoms with Gasteiger partial charge in [0.25, 0.3) is 0 Å². The number of hydrogen-bond donors (Lipinski definition) is 1. The third-order valence-corrected chi connectivity index (χ3v) is 6.85. The van der Waals surface area contributed by atoms with Gasteiger partial charge in [0.05, 0.1) is 10.1 Å². The summed E-state index contributed by atoms with van der Waals surface area (Å²) >= 11 is 0. The van der Waals surface area contributed by atoms with E-state index >= 15 is 0 Å². The molecule has 1 saturated carbocycles. The smallest absolute Gasteiger partial charge is 0.181 e. The van der Waals surface area contributed by atoms with Crippen LogP contribution < -0.4 is 5.73 Å². The Hall–Kier alpha value is -0.940. The van der Waals surface area contributed by atoms with E-state index in [9.17, 15) is 12.8 Å². The Balaban J connectivity index is 2.30. The van der Waals surface area contributed by atoms with Gasteiger partial charge in [0.2, 0.25) is 0 Å². The summed E-state index contributed by atoms with van der Waals surface area (Å²) in [4.78, 5) is 0.0862. The maximum absolute atomic E-state index is 13.4. The zero-order valence-corrected chi connectivity index (χ0v) is 13.3. The lowest BCUT2D eigenvalue weighted by Crippen LogP contribution is -2.40. The second kappa shape index (κ2) is 6.88. The van der Waals surface area contributed by atoms with Gasteiger partial charge in [-0.25, -0.2) is 12.8 Å². The van der Waals surface area contributed by atoms with E-state index in [0.29, 0.717) is 18.9 Å². The van der Waals surface area contributed by atoms with Crippen molar-refractivity contribution in [2.24, 2.45) is 17.6 Å². The minimum absolute atomic E-state index is 0.0219. The van der Waals surface area contributed by atoms with Crippen molar-refractivity contribution in [1.29, 1.82) is 0 Å². The zero-order valence-electron chi connectivity index (χ0n) is 12.5. The number of sulfone groups is 1. The molecule has 0 bridgehead atoms. The molecular formula is C16H24FNO2S. The predicted molar refractivity (Wildman–Crippen MR) is 82.2 cm³/mol. The second-order valence-electron chi connectivity index (χ2n) is 6.00. The fraction of sp³-hybridized carbons (Fsp3) is 0.625. The van der Waals surface area contributed by atoms with Gasteiger partial charge in [-0.1, -0.05) is 32.3 Å². The summed E-state index contributed by atoms with van der Waals surface area (Å²) < 4.78 is 39.0. The van der Waals surface area contributed by atoms with Gasteiger partial charge < -0.3 is 5.73 Å². The van der Waals surface area contributed by atoms with Crippen LogP contribution in [0.15, 0.2) is 29.2 Å². The molecule has 0 heterocycles. The van der Waals surface area contributed by atoms with Crippen LogP contribution in [0.4, 0.5) is 4.39 Å². The van der Waals surface area contributed by atoms with E-state index < -0.39 is 20.9 Å². The van der Waals surface area contributed by atoms with Gasteiger partial charge >= 0.3 is 0 Å². The average molecular weight is 313 g/mol. The van der Waals surface area contributed by atoms with Gasteiger partial charge in [0.15, 0.2) is 9.84 Å². The van der Waals surface area contributed by atoms with Crippen LogP contribution in [-0.2, 0) is 9.84 Å². The lowest BCUT2D eigenvalue weighted by molar-refractivity contribution is 0.268. The molecule has 2 rings (SSSR count). The number of hydrogen-bond acceptors (Lipinski definition) is 3. The van der Waals surface area contributed by atoms with Gasteiger partial charge in [-0.15, -0.1) is 0 Å². The normalized spacial score (nSPS) is 26.7. The molecule has 0 saturated heterocycles. The van der Waals surface area contributed by atoms with Crippen molar-refractivity contribution in [2.45, 2.75) is 49.2 Å². The summed E-state index contributed by atoms with van der Waals surface area (Å²) in [7, 11) is -3.52. The Morgan fingerprint density at radius 3 is 2.71 bits per heavy atom. The number of benzene rings is 1. The zero-order chi connectivity index (χ0) is 15.5. The molecular weight excluding hydrogens is 289 g/mol. The highest BCUT2D eigenvalue weighted by Gasteiger charge is 2.38. The first-order valence-electron chi connectivity index (χ1n) is 7.68. The van der Waals surface area contributed by atoms with Crippen LogP contribution in [0.1, 0.15) is 39.0 Å². The van der Waals surface area contributed by atoms with E-state index in [-0.39, 0.29) is 10.8 Å². The molecule has 3 nitrogen and oxygen atoms in total. The standard InChI is InChI=1S/C16H24FNO2S/c1-2-4-12-7-8-13(11-18)16(9-12)21(19,20)15-6-3-5-14(17)10-15/h3,5-6,10,12-13,16H,2,4,7-9,11,18H2,1H3. The average Bonchev–Trinajstić information content (AvgIpc) is 2.47. The Kier molecular flexibility index (Phi) is 5.38. The monoisotopic (exact) mass is 313 g/mol. The maximum Gasteiger partial charge on any atom is 0.181 e. The van der Waals surface area contributed by atoms with Crippen molar-refractivity contribution < 1.29 is 12.8 Å². The van der Waals surface area contributed by atoms with Crippen molar-refractivity contribution in [1.82, 2.24) is 0 Å². The van der Waals surface area contributed by atoms with E-state index in [1.165, 1.54) is 18.2 Å². The fourth-order valence-electron chi connectivity index (χ4n) is 3.41. The lowest BCUT2D eigenvalue weighted by atomic mass is 9.80. The highest BCUT2D eigenvalue weighted by Crippen LogP contribution is 2.37. The molecule has 21 heavy (non-hydrogen) atoms. The highest BCUT2D eigenvalue weighted by molar-refractivity contribution is 7.92. The quantitative estimate of drug-likeness (QED) is 0.908. The van der Waals surface area contributed by atoms with Crippen LogP contribution in [0, 0.1) is 17.7 Å². The molecule has 1 aliphatic carbocycles. The van der Waals surface area contributed by atoms with Crippen LogP contribution in [0.25, 0.3) is 0 Å². The Bertz CT molecular complexity index is 573. The molecule has 0 aliphatic heterocycles. The van der Waals surface area contributed by atoms with Crippen molar-refractivity contribution in [3.05, 3.63) is 30.1 Å². The third kappa shape index (κ3) is 3.64. The first kappa shape index (κ1) is 16.4. The summed E-state index contributed by atoms with van der Waals surface area (Å²) in [5, 5.41) is -0.477. The van der Waals surface area contributed by atoms with Crippen molar-refractivity contribution in [3.63, 3.8) is 0 Å². The largest absolute Gasteiger partial charge is 0.330 e. The SMILES string of the molecule is CCCC1CCC(CN)C(S(=O)(=O)c2cccc(F)c2)C1. The molecule has 1 aromatic rings. The van der Waals surface area contributed by atoms with Crippen molar-refractivity contribution in [3.8, 4) is 0 Å². The maximum atomic E-state index is 13.4. The minimum Gasteiger partial charge on any atom is -0.330 e. The molecule has 0 amide bonds. The molecule has 118 valence electrons. The number of halogens is 1. The second-order valence-corrected chi connectivity index (χ2v) is 8.17. The van der Waals surface area contributed by atoms with Gasteiger partial charge in [-0.2, -0.15) is 0 Å². The highest BCUT2D eigenvalue weighted by atomic mass is 32.2. The molecule has 2 N–H and O–H groups in total. The van der Waals surface area contributed by atoms with Crippen LogP contribution in [-0.4, -0.2) is 20.2 Å². The molecule has 5 heteroatoms. The summed E-state index contributed by atoms with van der Waals surface area (Å²) in [5.74, 6) is -0.0983. The third-order valence-electron chi connectivity index (χ3n) is 4.56. The van der Waals surface area contributed by atoms with E-state index in [4.69, 9.17) is 5.73 Å². The number of rotatable bonds is 5. The van der Waals surface area contributed by atoms with Crippen molar-refractivity contribution >= 4 is 9.84 Å². The van der Waals surface area contributed by atoms with E-state index in [0.717, 1.165) is 31.7 Å². The molecule has 1 aliphatic rings. The van der Waals surface area contributed by atoms with Gasteiger partial charge in [0.1, 0.15) is 5.82 Å². The van der Waals surface area contributed by atoms with Gasteiger partial charge in [0, 0.05) is 0 Å². The summed E-state index contributed by atoms with van der Waals surface area (Å²) in [5.41, 5.74) is 5.78. The predicted octanol–water partition coefficient (Wildman–Crippen LogP) is 3.14. The van der Waals surface area contributed by atoms with Crippen LogP contribution in [0.3, 0.4) is 0 Å². The Morgan fingerprint density at radius 2 is 2.10 bits per heavy atom. The minimum atomic E-state index is -3.52. The van der Waals surface area contributed by atoms with Gasteiger partial charge in [-0.05, 0) is 49.4 Å². The Labute approximate surface area is 126 Å². The van der Waals surface area contributed by atoms with E-state index in [1.54, 1.807) is 0 Å². The van der Waals surface area contributed by atoms with Crippen molar-refractivity contribution in [2.75, 3.05) is 6.54 Å². The molecule has 1 aromatic carbocycles. The van der Waals surface area contributed by atoms with Crippen LogP contribution in [0.5, 0.6) is 0 Å². The van der Waals surface area contributed by atoms with Gasteiger partial charge in [-0.3, -0.25) is 0 Å². The molecule has 3 atom stereocenters. The molecule has 0 radical (unpaired) electrons. The Morgan fingerprint density at radius 1 is 1.33 bits per heavy atom. The summed E-state index contributed by atoms with van der Waals surface area (Å²) in [6.45, 7) is 2.49. The van der Waals surface area contributed by atoms with E-state index in [1.807, 2.05) is 0 Å². The first-order valence-corrected chi connectivity index (χ1v) is 9.23. The molecule has 3 unspecified atom stereocenters. The topological polar surface area (TPSA) is 60.2 Å². The molecule has 1 fully saturated rings. The fourth-order valence-corrected chi connectivity index (χ4v) is 5.59. The molecule has 0 aromatic heterocycles. The summed E-state index contributed by atoms with van der Waals surface area (Å²) in [6, 6.07) is 5.31. The van der Waals surface area contributed by atoms with Crippen LogP contribution >= 0.6 is 0 Å². The first-order chi connectivity index (χ1) is 9.98. The van der Waals surface area contributed by atoms with E-state index in [2.05, 4.69) is 6.92 Å².